The van der Waals surface area contributed by atoms with Crippen LogP contribution in [0.5, 0.6) is 11.5 Å². The lowest BCUT2D eigenvalue weighted by Crippen LogP contribution is -2.03. The fourth-order valence-corrected chi connectivity index (χ4v) is 3.01. The topological polar surface area (TPSA) is 38.7 Å². The molecule has 0 aliphatic heterocycles. The second-order valence-corrected chi connectivity index (χ2v) is 5.99. The highest BCUT2D eigenvalue weighted by atomic mass is 79.9. The van der Waals surface area contributed by atoms with Gasteiger partial charge in [-0.05, 0) is 39.7 Å². The Labute approximate surface area is 121 Å². The van der Waals surface area contributed by atoms with E-state index in [9.17, 15) is 0 Å². The van der Waals surface area contributed by atoms with Crippen molar-refractivity contribution >= 4 is 27.7 Å². The van der Waals surface area contributed by atoms with Gasteiger partial charge in [0.05, 0.1) is 18.7 Å². The molecular formula is C13H19BrO3S. The van der Waals surface area contributed by atoms with Gasteiger partial charge in [-0.25, -0.2) is 0 Å². The van der Waals surface area contributed by atoms with Crippen LogP contribution < -0.4 is 9.47 Å². The molecule has 0 heterocycles. The van der Waals surface area contributed by atoms with Crippen molar-refractivity contribution in [3.8, 4) is 11.5 Å². The Morgan fingerprint density at radius 1 is 1.28 bits per heavy atom. The van der Waals surface area contributed by atoms with E-state index in [0.717, 1.165) is 33.0 Å². The molecule has 0 saturated heterocycles. The van der Waals surface area contributed by atoms with Crippen LogP contribution in [0.25, 0.3) is 0 Å². The van der Waals surface area contributed by atoms with Crippen molar-refractivity contribution in [3.63, 3.8) is 0 Å². The van der Waals surface area contributed by atoms with E-state index >= 15 is 0 Å². The standard InChI is InChI=1S/C13H19BrO3S/c1-9(6-15)7-18-8-10-4-13(17-3)11(14)5-12(10)16-2/h4-5,9,15H,6-8H2,1-3H3. The highest BCUT2D eigenvalue weighted by Gasteiger charge is 2.10. The highest BCUT2D eigenvalue weighted by Crippen LogP contribution is 2.34. The van der Waals surface area contributed by atoms with Crippen LogP contribution in [-0.4, -0.2) is 31.7 Å². The molecule has 1 unspecified atom stereocenters. The van der Waals surface area contributed by atoms with Crippen LogP contribution >= 0.6 is 27.7 Å². The second kappa shape index (κ2) is 7.92. The zero-order valence-electron chi connectivity index (χ0n) is 10.9. The third kappa shape index (κ3) is 4.37. The molecule has 18 heavy (non-hydrogen) atoms. The first-order valence-electron chi connectivity index (χ1n) is 5.71. The maximum Gasteiger partial charge on any atom is 0.133 e. The summed E-state index contributed by atoms with van der Waals surface area (Å²) in [5.74, 6) is 3.75. The number of ether oxygens (including phenoxy) is 2. The van der Waals surface area contributed by atoms with Crippen LogP contribution in [-0.2, 0) is 5.75 Å². The zero-order valence-corrected chi connectivity index (χ0v) is 13.3. The number of thioether (sulfide) groups is 1. The van der Waals surface area contributed by atoms with Crippen molar-refractivity contribution in [1.29, 1.82) is 0 Å². The van der Waals surface area contributed by atoms with Gasteiger partial charge in [-0.1, -0.05) is 6.92 Å². The van der Waals surface area contributed by atoms with Crippen LogP contribution in [0.2, 0.25) is 0 Å². The maximum atomic E-state index is 8.99. The molecule has 3 nitrogen and oxygen atoms in total. The third-order valence-corrected chi connectivity index (χ3v) is 4.47. The van der Waals surface area contributed by atoms with Gasteiger partial charge in [0.15, 0.2) is 0 Å². The van der Waals surface area contributed by atoms with Crippen LogP contribution in [0, 0.1) is 5.92 Å². The first-order valence-corrected chi connectivity index (χ1v) is 7.66. The molecule has 0 fully saturated rings. The van der Waals surface area contributed by atoms with Crippen LogP contribution in [0.4, 0.5) is 0 Å². The van der Waals surface area contributed by atoms with E-state index in [1.165, 1.54) is 0 Å². The largest absolute Gasteiger partial charge is 0.496 e. The van der Waals surface area contributed by atoms with Crippen LogP contribution in [0.1, 0.15) is 12.5 Å². The van der Waals surface area contributed by atoms with Crippen molar-refractivity contribution in [2.45, 2.75) is 12.7 Å². The van der Waals surface area contributed by atoms with E-state index in [-0.39, 0.29) is 6.61 Å². The number of aliphatic hydroxyl groups excluding tert-OH is 1. The van der Waals surface area contributed by atoms with Gasteiger partial charge in [-0.3, -0.25) is 0 Å². The minimum atomic E-state index is 0.230. The van der Waals surface area contributed by atoms with E-state index in [1.807, 2.05) is 19.1 Å². The molecule has 102 valence electrons. The number of rotatable bonds is 7. The van der Waals surface area contributed by atoms with Crippen LogP contribution in [0.15, 0.2) is 16.6 Å². The number of halogens is 1. The molecule has 0 bridgehead atoms. The van der Waals surface area contributed by atoms with Crippen LogP contribution in [0.3, 0.4) is 0 Å². The molecule has 1 N–H and O–H groups in total. The van der Waals surface area contributed by atoms with Gasteiger partial charge in [0.1, 0.15) is 11.5 Å². The number of methoxy groups -OCH3 is 2. The summed E-state index contributed by atoms with van der Waals surface area (Å²) in [7, 11) is 3.32. The lowest BCUT2D eigenvalue weighted by Gasteiger charge is -2.13. The Hall–Kier alpha value is -0.390. The number of hydrogen-bond donors (Lipinski definition) is 1. The minimum Gasteiger partial charge on any atom is -0.496 e. The summed E-state index contributed by atoms with van der Waals surface area (Å²) in [6, 6.07) is 3.91. The highest BCUT2D eigenvalue weighted by molar-refractivity contribution is 9.10. The van der Waals surface area contributed by atoms with Gasteiger partial charge in [0.2, 0.25) is 0 Å². The van der Waals surface area contributed by atoms with Gasteiger partial charge in [-0.2, -0.15) is 11.8 Å². The van der Waals surface area contributed by atoms with Gasteiger partial charge in [-0.15, -0.1) is 0 Å². The quantitative estimate of drug-likeness (QED) is 0.830. The maximum absolute atomic E-state index is 8.99. The Morgan fingerprint density at radius 2 is 1.94 bits per heavy atom. The molecule has 1 atom stereocenters. The molecule has 0 spiro atoms. The molecule has 0 radical (unpaired) electrons. The molecule has 0 saturated carbocycles. The van der Waals surface area contributed by atoms with Crippen molar-refractivity contribution in [3.05, 3.63) is 22.2 Å². The molecule has 0 aromatic heterocycles. The molecule has 1 rings (SSSR count). The first kappa shape index (κ1) is 15.7. The van der Waals surface area contributed by atoms with E-state index in [0.29, 0.717) is 5.92 Å². The number of benzene rings is 1. The summed E-state index contributed by atoms with van der Waals surface area (Å²) < 4.78 is 11.5. The summed E-state index contributed by atoms with van der Waals surface area (Å²) >= 11 is 5.22. The molecule has 1 aromatic rings. The predicted molar refractivity (Wildman–Crippen MR) is 79.7 cm³/mol. The first-order chi connectivity index (χ1) is 8.62. The number of hydrogen-bond acceptors (Lipinski definition) is 4. The normalized spacial score (nSPS) is 12.3. The monoisotopic (exact) mass is 334 g/mol. The summed E-state index contributed by atoms with van der Waals surface area (Å²) in [5.41, 5.74) is 1.10. The predicted octanol–water partition coefficient (Wildman–Crippen LogP) is 3.33. The van der Waals surface area contributed by atoms with Crippen molar-refractivity contribution in [1.82, 2.24) is 0 Å². The average molecular weight is 335 g/mol. The van der Waals surface area contributed by atoms with E-state index in [1.54, 1.807) is 26.0 Å². The minimum absolute atomic E-state index is 0.230. The molecule has 5 heteroatoms. The van der Waals surface area contributed by atoms with E-state index < -0.39 is 0 Å². The van der Waals surface area contributed by atoms with Gasteiger partial charge >= 0.3 is 0 Å². The summed E-state index contributed by atoms with van der Waals surface area (Å²) in [5, 5.41) is 8.99. The van der Waals surface area contributed by atoms with Crippen molar-refractivity contribution < 1.29 is 14.6 Å². The van der Waals surface area contributed by atoms with Gasteiger partial charge in [0, 0.05) is 17.9 Å². The Bertz CT molecular complexity index is 385. The Balaban J connectivity index is 2.74. The fourth-order valence-electron chi connectivity index (χ4n) is 1.46. The van der Waals surface area contributed by atoms with Gasteiger partial charge < -0.3 is 14.6 Å². The lowest BCUT2D eigenvalue weighted by molar-refractivity contribution is 0.250. The third-order valence-electron chi connectivity index (χ3n) is 2.53. The van der Waals surface area contributed by atoms with Crippen molar-refractivity contribution in [2.24, 2.45) is 5.92 Å². The lowest BCUT2D eigenvalue weighted by atomic mass is 10.2. The molecular weight excluding hydrogens is 316 g/mol. The molecule has 0 amide bonds. The van der Waals surface area contributed by atoms with E-state index in [2.05, 4.69) is 15.9 Å². The second-order valence-electron chi connectivity index (χ2n) is 4.10. The SMILES string of the molecule is COc1cc(CSCC(C)CO)c(OC)cc1Br. The summed E-state index contributed by atoms with van der Waals surface area (Å²) in [4.78, 5) is 0. The van der Waals surface area contributed by atoms with Crippen molar-refractivity contribution in [2.75, 3.05) is 26.6 Å². The summed E-state index contributed by atoms with van der Waals surface area (Å²) in [6.45, 7) is 2.26. The number of aliphatic hydroxyl groups is 1. The van der Waals surface area contributed by atoms with E-state index in [4.69, 9.17) is 14.6 Å². The van der Waals surface area contributed by atoms with Gasteiger partial charge in [0.25, 0.3) is 0 Å². The Kier molecular flexibility index (Phi) is 6.89. The summed E-state index contributed by atoms with van der Waals surface area (Å²) in [6.07, 6.45) is 0. The Morgan fingerprint density at radius 3 is 2.50 bits per heavy atom. The average Bonchev–Trinajstić information content (AvgIpc) is 2.39. The smallest absolute Gasteiger partial charge is 0.133 e. The molecule has 1 aromatic carbocycles. The molecule has 0 aliphatic carbocycles. The fraction of sp³-hybridized carbons (Fsp3) is 0.538. The zero-order chi connectivity index (χ0) is 13.5. The molecule has 0 aliphatic rings.